The van der Waals surface area contributed by atoms with E-state index in [0.29, 0.717) is 25.1 Å². The fraction of sp³-hybridized carbons (Fsp3) is 0.412. The summed E-state index contributed by atoms with van der Waals surface area (Å²) in [5.74, 6) is -1.12. The van der Waals surface area contributed by atoms with Crippen molar-refractivity contribution in [2.45, 2.75) is 38.6 Å². The topological polar surface area (TPSA) is 57.8 Å². The van der Waals surface area contributed by atoms with E-state index in [4.69, 9.17) is 0 Å². The Labute approximate surface area is 132 Å². The Balaban J connectivity index is 1.60. The van der Waals surface area contributed by atoms with Crippen LogP contribution in [0.3, 0.4) is 0 Å². The predicted octanol–water partition coefficient (Wildman–Crippen LogP) is 2.26. The van der Waals surface area contributed by atoms with Crippen molar-refractivity contribution in [2.75, 3.05) is 6.54 Å². The van der Waals surface area contributed by atoms with Gasteiger partial charge in [-0.15, -0.1) is 0 Å². The van der Waals surface area contributed by atoms with Crippen molar-refractivity contribution in [1.82, 2.24) is 15.5 Å². The van der Waals surface area contributed by atoms with Crippen molar-refractivity contribution in [1.29, 1.82) is 0 Å². The molecule has 0 atom stereocenters. The zero-order valence-corrected chi connectivity index (χ0v) is 12.8. The number of aromatic nitrogens is 2. The van der Waals surface area contributed by atoms with Gasteiger partial charge in [-0.3, -0.25) is 4.79 Å². The van der Waals surface area contributed by atoms with Gasteiger partial charge in [-0.2, -0.15) is 5.10 Å². The molecule has 0 radical (unpaired) electrons. The Morgan fingerprint density at radius 2 is 1.96 bits per heavy atom. The molecule has 3 rings (SSSR count). The Kier molecular flexibility index (Phi) is 4.81. The highest BCUT2D eigenvalue weighted by Crippen LogP contribution is 2.20. The normalized spacial score (nSPS) is 13.8. The van der Waals surface area contributed by atoms with Gasteiger partial charge < -0.3 is 5.32 Å². The van der Waals surface area contributed by atoms with Crippen LogP contribution in [0.2, 0.25) is 0 Å². The quantitative estimate of drug-likeness (QED) is 0.831. The van der Waals surface area contributed by atoms with Crippen LogP contribution < -0.4 is 10.9 Å². The number of fused-ring (bicyclic) bond motifs is 1. The molecule has 2 aromatic rings. The van der Waals surface area contributed by atoms with Crippen molar-refractivity contribution in [2.24, 2.45) is 0 Å². The first-order chi connectivity index (χ1) is 11.1. The molecule has 0 bridgehead atoms. The van der Waals surface area contributed by atoms with Crippen LogP contribution in [0.4, 0.5) is 8.78 Å². The van der Waals surface area contributed by atoms with E-state index in [1.807, 2.05) is 0 Å². The van der Waals surface area contributed by atoms with E-state index in [1.54, 1.807) is 0 Å². The van der Waals surface area contributed by atoms with Gasteiger partial charge in [0.15, 0.2) is 0 Å². The largest absolute Gasteiger partial charge is 0.312 e. The fourth-order valence-corrected chi connectivity index (χ4v) is 3.03. The fourth-order valence-electron chi connectivity index (χ4n) is 3.03. The van der Waals surface area contributed by atoms with Crippen LogP contribution in [0.15, 0.2) is 23.0 Å². The summed E-state index contributed by atoms with van der Waals surface area (Å²) in [6.07, 6.45) is 4.51. The minimum atomic E-state index is -0.574. The molecule has 1 aromatic carbocycles. The number of benzene rings is 1. The minimum absolute atomic E-state index is 0.0789. The monoisotopic (exact) mass is 319 g/mol. The van der Waals surface area contributed by atoms with Gasteiger partial charge in [-0.25, -0.2) is 13.9 Å². The van der Waals surface area contributed by atoms with E-state index in [2.05, 4.69) is 15.5 Å². The van der Waals surface area contributed by atoms with Crippen molar-refractivity contribution in [3.63, 3.8) is 0 Å². The number of nitrogens with one attached hydrogen (secondary N) is 2. The molecule has 4 nitrogen and oxygen atoms in total. The first-order valence-electron chi connectivity index (χ1n) is 7.89. The highest BCUT2D eigenvalue weighted by Gasteiger charge is 2.17. The van der Waals surface area contributed by atoms with Gasteiger partial charge in [0, 0.05) is 36.7 Å². The molecule has 0 unspecified atom stereocenters. The van der Waals surface area contributed by atoms with Crippen LogP contribution in [0.25, 0.3) is 0 Å². The van der Waals surface area contributed by atoms with Gasteiger partial charge in [0.05, 0.1) is 5.69 Å². The van der Waals surface area contributed by atoms with Crippen LogP contribution in [-0.4, -0.2) is 16.7 Å². The van der Waals surface area contributed by atoms with Crippen LogP contribution in [0.5, 0.6) is 0 Å². The van der Waals surface area contributed by atoms with Crippen molar-refractivity contribution < 1.29 is 8.78 Å². The van der Waals surface area contributed by atoms with Gasteiger partial charge in [0.25, 0.3) is 5.56 Å². The number of H-pyrrole nitrogens is 1. The maximum atomic E-state index is 13.5. The molecule has 0 amide bonds. The standard InChI is InChI=1S/C17H19F2N3O/c18-12-6-5-11(15(19)9-12)10-20-8-7-16-13-3-1-2-4-14(13)17(23)22-21-16/h5-6,9,20H,1-4,7-8,10H2,(H,22,23). The molecule has 0 spiro atoms. The molecule has 0 aliphatic heterocycles. The third kappa shape index (κ3) is 3.64. The lowest BCUT2D eigenvalue weighted by atomic mass is 9.91. The lowest BCUT2D eigenvalue weighted by Crippen LogP contribution is -2.25. The summed E-state index contributed by atoms with van der Waals surface area (Å²) >= 11 is 0. The molecule has 6 heteroatoms. The third-order valence-corrected chi connectivity index (χ3v) is 4.25. The zero-order valence-electron chi connectivity index (χ0n) is 12.8. The van der Waals surface area contributed by atoms with Gasteiger partial charge in [0.1, 0.15) is 11.6 Å². The molecule has 1 heterocycles. The summed E-state index contributed by atoms with van der Waals surface area (Å²) in [5.41, 5.74) is 3.21. The molecular weight excluding hydrogens is 300 g/mol. The Hall–Kier alpha value is -2.08. The zero-order chi connectivity index (χ0) is 16.2. The minimum Gasteiger partial charge on any atom is -0.312 e. The van der Waals surface area contributed by atoms with Gasteiger partial charge >= 0.3 is 0 Å². The molecule has 0 saturated carbocycles. The van der Waals surface area contributed by atoms with E-state index < -0.39 is 11.6 Å². The Morgan fingerprint density at radius 1 is 1.17 bits per heavy atom. The highest BCUT2D eigenvalue weighted by atomic mass is 19.1. The molecule has 0 fully saturated rings. The second-order valence-corrected chi connectivity index (χ2v) is 5.83. The number of nitrogens with zero attached hydrogens (tertiary/aromatic N) is 1. The molecule has 0 saturated heterocycles. The molecule has 1 aliphatic carbocycles. The van der Waals surface area contributed by atoms with Crippen LogP contribution in [0.1, 0.15) is 35.2 Å². The number of aromatic amines is 1. The number of hydrogen-bond donors (Lipinski definition) is 2. The van der Waals surface area contributed by atoms with E-state index in [-0.39, 0.29) is 5.56 Å². The van der Waals surface area contributed by atoms with Crippen LogP contribution in [0, 0.1) is 11.6 Å². The average molecular weight is 319 g/mol. The summed E-state index contributed by atoms with van der Waals surface area (Å²) in [4.78, 5) is 11.8. The first kappa shape index (κ1) is 15.8. The maximum absolute atomic E-state index is 13.5. The number of halogens is 2. The summed E-state index contributed by atoms with van der Waals surface area (Å²) in [6, 6.07) is 3.58. The molecule has 23 heavy (non-hydrogen) atoms. The van der Waals surface area contributed by atoms with E-state index >= 15 is 0 Å². The lowest BCUT2D eigenvalue weighted by Gasteiger charge is -2.17. The summed E-state index contributed by atoms with van der Waals surface area (Å²) in [7, 11) is 0. The second-order valence-electron chi connectivity index (χ2n) is 5.83. The Bertz CT molecular complexity index is 758. The van der Waals surface area contributed by atoms with E-state index in [0.717, 1.165) is 48.6 Å². The van der Waals surface area contributed by atoms with E-state index in [9.17, 15) is 13.6 Å². The first-order valence-corrected chi connectivity index (χ1v) is 7.89. The number of hydrogen-bond acceptors (Lipinski definition) is 3. The third-order valence-electron chi connectivity index (χ3n) is 4.25. The molecule has 1 aromatic heterocycles. The molecule has 122 valence electrons. The maximum Gasteiger partial charge on any atom is 0.267 e. The SMILES string of the molecule is O=c1[nH]nc(CCNCc2ccc(F)cc2F)c2c1CCCC2. The van der Waals surface area contributed by atoms with Crippen LogP contribution >= 0.6 is 0 Å². The summed E-state index contributed by atoms with van der Waals surface area (Å²) < 4.78 is 26.4. The van der Waals surface area contributed by atoms with Crippen molar-refractivity contribution >= 4 is 0 Å². The van der Waals surface area contributed by atoms with Gasteiger partial charge in [-0.05, 0) is 37.3 Å². The van der Waals surface area contributed by atoms with Gasteiger partial charge in [-0.1, -0.05) is 6.07 Å². The number of rotatable bonds is 5. The lowest BCUT2D eigenvalue weighted by molar-refractivity contribution is 0.559. The van der Waals surface area contributed by atoms with Crippen molar-refractivity contribution in [3.8, 4) is 0 Å². The Morgan fingerprint density at radius 3 is 2.74 bits per heavy atom. The molecule has 1 aliphatic rings. The predicted molar refractivity (Wildman–Crippen MR) is 83.3 cm³/mol. The van der Waals surface area contributed by atoms with Crippen molar-refractivity contribution in [3.05, 3.63) is 62.6 Å². The van der Waals surface area contributed by atoms with Gasteiger partial charge in [0.2, 0.25) is 0 Å². The molecule has 2 N–H and O–H groups in total. The second kappa shape index (κ2) is 7.00. The highest BCUT2D eigenvalue weighted by molar-refractivity contribution is 5.30. The summed E-state index contributed by atoms with van der Waals surface area (Å²) in [6.45, 7) is 0.944. The molecular formula is C17H19F2N3O. The van der Waals surface area contributed by atoms with E-state index in [1.165, 1.54) is 12.1 Å². The van der Waals surface area contributed by atoms with Crippen LogP contribution in [-0.2, 0) is 25.8 Å². The smallest absolute Gasteiger partial charge is 0.267 e. The summed E-state index contributed by atoms with van der Waals surface area (Å²) in [5, 5.41) is 9.87. The average Bonchev–Trinajstić information content (AvgIpc) is 2.55.